The first-order valence-corrected chi connectivity index (χ1v) is 9.47. The van der Waals surface area contributed by atoms with E-state index < -0.39 is 17.4 Å². The Morgan fingerprint density at radius 2 is 1.45 bits per heavy atom. The van der Waals surface area contributed by atoms with Crippen molar-refractivity contribution >= 4 is 22.6 Å². The molecule has 4 aromatic rings. The number of aromatic amines is 1. The molecule has 3 aromatic carbocycles. The molecule has 0 aliphatic carbocycles. The van der Waals surface area contributed by atoms with Crippen LogP contribution in [0.2, 0.25) is 0 Å². The Balaban J connectivity index is 1.37. The number of hydrogen-bond donors (Lipinski definition) is 3. The molecule has 0 aliphatic rings. The minimum Gasteiger partial charge on any atom is -0.489 e. The summed E-state index contributed by atoms with van der Waals surface area (Å²) in [5.41, 5.74) is 5.64. The monoisotopic (exact) mass is 414 g/mol. The van der Waals surface area contributed by atoms with Crippen LogP contribution in [0.25, 0.3) is 10.8 Å². The van der Waals surface area contributed by atoms with Gasteiger partial charge in [0.15, 0.2) is 5.69 Å². The number of benzene rings is 3. The molecule has 154 valence electrons. The van der Waals surface area contributed by atoms with Crippen molar-refractivity contribution in [3.8, 4) is 5.75 Å². The lowest BCUT2D eigenvalue weighted by atomic mass is 10.1. The van der Waals surface area contributed by atoms with Crippen LogP contribution in [0.15, 0.2) is 83.7 Å². The number of hydrazine groups is 1. The van der Waals surface area contributed by atoms with Gasteiger partial charge in [0.2, 0.25) is 0 Å². The molecule has 0 atom stereocenters. The summed E-state index contributed by atoms with van der Waals surface area (Å²) in [5, 5.41) is 6.80. The molecule has 4 rings (SSSR count). The first kappa shape index (κ1) is 19.8. The van der Waals surface area contributed by atoms with Crippen molar-refractivity contribution in [2.24, 2.45) is 0 Å². The van der Waals surface area contributed by atoms with Crippen LogP contribution in [0.1, 0.15) is 26.4 Å². The highest BCUT2D eigenvalue weighted by atomic mass is 16.5. The number of carbonyl (C=O) groups is 2. The van der Waals surface area contributed by atoms with Crippen molar-refractivity contribution < 1.29 is 14.3 Å². The van der Waals surface area contributed by atoms with E-state index in [2.05, 4.69) is 21.0 Å². The van der Waals surface area contributed by atoms with Crippen LogP contribution in [0, 0.1) is 0 Å². The number of hydrogen-bond acceptors (Lipinski definition) is 5. The Labute approximate surface area is 176 Å². The summed E-state index contributed by atoms with van der Waals surface area (Å²) in [5.74, 6) is -0.534. The molecule has 2 amide bonds. The van der Waals surface area contributed by atoms with Crippen LogP contribution >= 0.6 is 0 Å². The first-order valence-electron chi connectivity index (χ1n) is 9.47. The molecule has 0 unspecified atom stereocenters. The molecular weight excluding hydrogens is 396 g/mol. The van der Waals surface area contributed by atoms with Gasteiger partial charge in [0.1, 0.15) is 12.4 Å². The lowest BCUT2D eigenvalue weighted by Crippen LogP contribution is -2.42. The number of rotatable bonds is 5. The molecule has 0 fully saturated rings. The summed E-state index contributed by atoms with van der Waals surface area (Å²) < 4.78 is 5.69. The maximum Gasteiger partial charge on any atom is 0.290 e. The second-order valence-corrected chi connectivity index (χ2v) is 6.65. The van der Waals surface area contributed by atoms with Gasteiger partial charge in [0.05, 0.1) is 5.39 Å². The average Bonchev–Trinajstić information content (AvgIpc) is 2.82. The van der Waals surface area contributed by atoms with Crippen LogP contribution in [0.3, 0.4) is 0 Å². The van der Waals surface area contributed by atoms with E-state index in [1.165, 1.54) is 0 Å². The number of nitrogens with one attached hydrogen (secondary N) is 3. The van der Waals surface area contributed by atoms with Crippen LogP contribution < -0.4 is 21.1 Å². The molecule has 8 nitrogen and oxygen atoms in total. The number of H-pyrrole nitrogens is 1. The highest BCUT2D eigenvalue weighted by Gasteiger charge is 2.15. The van der Waals surface area contributed by atoms with Crippen LogP contribution in [0.5, 0.6) is 5.75 Å². The predicted octanol–water partition coefficient (Wildman–Crippen LogP) is 2.58. The molecule has 31 heavy (non-hydrogen) atoms. The smallest absolute Gasteiger partial charge is 0.290 e. The zero-order chi connectivity index (χ0) is 21.6. The molecule has 3 N–H and O–H groups in total. The Bertz CT molecular complexity index is 1280. The summed E-state index contributed by atoms with van der Waals surface area (Å²) in [7, 11) is 0. The van der Waals surface area contributed by atoms with Gasteiger partial charge in [-0.1, -0.05) is 48.5 Å². The van der Waals surface area contributed by atoms with Gasteiger partial charge < -0.3 is 4.74 Å². The number of fused-ring (bicyclic) bond motifs is 1. The number of nitrogens with zero attached hydrogens (tertiary/aromatic N) is 1. The minimum atomic E-state index is -0.649. The molecule has 0 bridgehead atoms. The van der Waals surface area contributed by atoms with Gasteiger partial charge in [-0.2, -0.15) is 5.10 Å². The Morgan fingerprint density at radius 1 is 0.806 bits per heavy atom. The van der Waals surface area contributed by atoms with Gasteiger partial charge in [-0.05, 0) is 35.9 Å². The Kier molecular flexibility index (Phi) is 5.70. The quantitative estimate of drug-likeness (QED) is 0.435. The fourth-order valence-electron chi connectivity index (χ4n) is 2.98. The summed E-state index contributed by atoms with van der Waals surface area (Å²) in [4.78, 5) is 36.6. The molecule has 0 saturated heterocycles. The Hall–Kier alpha value is -4.46. The van der Waals surface area contributed by atoms with E-state index in [-0.39, 0.29) is 5.69 Å². The van der Waals surface area contributed by atoms with E-state index in [0.717, 1.165) is 5.56 Å². The van der Waals surface area contributed by atoms with E-state index in [4.69, 9.17) is 4.74 Å². The van der Waals surface area contributed by atoms with Gasteiger partial charge in [0, 0.05) is 10.9 Å². The van der Waals surface area contributed by atoms with Gasteiger partial charge in [-0.15, -0.1) is 0 Å². The molecule has 0 aliphatic heterocycles. The van der Waals surface area contributed by atoms with Crippen molar-refractivity contribution in [3.05, 3.63) is 106 Å². The highest BCUT2D eigenvalue weighted by molar-refractivity contribution is 6.05. The maximum absolute atomic E-state index is 12.4. The van der Waals surface area contributed by atoms with Gasteiger partial charge >= 0.3 is 0 Å². The van der Waals surface area contributed by atoms with Crippen molar-refractivity contribution in [2.45, 2.75) is 6.61 Å². The van der Waals surface area contributed by atoms with E-state index >= 15 is 0 Å². The molecule has 1 heterocycles. The lowest BCUT2D eigenvalue weighted by Gasteiger charge is -2.09. The molecule has 8 heteroatoms. The zero-order valence-electron chi connectivity index (χ0n) is 16.3. The topological polar surface area (TPSA) is 113 Å². The summed E-state index contributed by atoms with van der Waals surface area (Å²) in [6, 6.07) is 22.9. The molecule has 0 radical (unpaired) electrons. The third-order valence-electron chi connectivity index (χ3n) is 4.57. The minimum absolute atomic E-state index is 0.000148. The first-order chi connectivity index (χ1) is 15.1. The number of amides is 2. The van der Waals surface area contributed by atoms with E-state index in [1.54, 1.807) is 48.5 Å². The second kappa shape index (κ2) is 8.91. The van der Waals surface area contributed by atoms with E-state index in [9.17, 15) is 14.4 Å². The fraction of sp³-hybridized carbons (Fsp3) is 0.0435. The third-order valence-corrected chi connectivity index (χ3v) is 4.57. The number of ether oxygens (including phenoxy) is 1. The molecule has 0 saturated carbocycles. The van der Waals surface area contributed by atoms with Crippen LogP contribution in [0.4, 0.5) is 0 Å². The van der Waals surface area contributed by atoms with Crippen molar-refractivity contribution in [3.63, 3.8) is 0 Å². The SMILES string of the molecule is O=C(NNC(=O)c1n[nH]c(=O)c2ccccc12)c1ccc(OCc2ccccc2)cc1. The fourth-order valence-corrected chi connectivity index (χ4v) is 2.98. The third kappa shape index (κ3) is 4.59. The van der Waals surface area contributed by atoms with Crippen LogP contribution in [-0.4, -0.2) is 22.0 Å². The van der Waals surface area contributed by atoms with Gasteiger partial charge in [0.25, 0.3) is 17.4 Å². The normalized spacial score (nSPS) is 10.5. The van der Waals surface area contributed by atoms with Crippen molar-refractivity contribution in [2.75, 3.05) is 0 Å². The highest BCUT2D eigenvalue weighted by Crippen LogP contribution is 2.15. The summed E-state index contributed by atoms with van der Waals surface area (Å²) in [6.45, 7) is 0.419. The van der Waals surface area contributed by atoms with Gasteiger partial charge in [-0.25, -0.2) is 5.10 Å². The second-order valence-electron chi connectivity index (χ2n) is 6.65. The zero-order valence-corrected chi connectivity index (χ0v) is 16.3. The average molecular weight is 414 g/mol. The molecular formula is C23H18N4O4. The largest absolute Gasteiger partial charge is 0.489 e. The lowest BCUT2D eigenvalue weighted by molar-refractivity contribution is 0.0844. The van der Waals surface area contributed by atoms with Crippen molar-refractivity contribution in [1.29, 1.82) is 0 Å². The van der Waals surface area contributed by atoms with Crippen molar-refractivity contribution in [1.82, 2.24) is 21.0 Å². The number of carbonyl (C=O) groups excluding carboxylic acids is 2. The summed E-state index contributed by atoms with van der Waals surface area (Å²) in [6.07, 6.45) is 0. The molecule has 0 spiro atoms. The molecule has 1 aromatic heterocycles. The predicted molar refractivity (Wildman–Crippen MR) is 115 cm³/mol. The standard InChI is InChI=1S/C23H18N4O4/c28-21(16-10-12-17(13-11-16)31-14-15-6-2-1-3-7-15)25-27-23(30)20-18-8-4-5-9-19(18)22(29)26-24-20/h1-13H,14H2,(H,25,28)(H,26,29)(H,27,30). The van der Waals surface area contributed by atoms with E-state index in [1.807, 2.05) is 30.3 Å². The van der Waals surface area contributed by atoms with Crippen LogP contribution in [-0.2, 0) is 6.61 Å². The Morgan fingerprint density at radius 3 is 2.19 bits per heavy atom. The summed E-state index contributed by atoms with van der Waals surface area (Å²) >= 11 is 0. The maximum atomic E-state index is 12.4. The number of aromatic nitrogens is 2. The van der Waals surface area contributed by atoms with E-state index in [0.29, 0.717) is 28.7 Å². The van der Waals surface area contributed by atoms with Gasteiger partial charge in [-0.3, -0.25) is 25.2 Å².